The fraction of sp³-hybridized carbons (Fsp3) is 0.158. The monoisotopic (exact) mass is 372 g/mol. The van der Waals surface area contributed by atoms with Crippen LogP contribution in [-0.2, 0) is 23.0 Å². The van der Waals surface area contributed by atoms with Crippen LogP contribution in [0.5, 0.6) is 0 Å². The molecule has 0 fully saturated rings. The van der Waals surface area contributed by atoms with Crippen molar-refractivity contribution in [1.82, 2.24) is 5.32 Å². The smallest absolute Gasteiger partial charge is 0.278 e. The van der Waals surface area contributed by atoms with E-state index in [0.29, 0.717) is 5.69 Å². The minimum Gasteiger partial charge on any atom is -0.312 e. The van der Waals surface area contributed by atoms with Crippen molar-refractivity contribution in [3.8, 4) is 0 Å². The van der Waals surface area contributed by atoms with Gasteiger partial charge in [-0.05, 0) is 59.1 Å². The molecular formula is C19H17ClN2O2S. The second-order valence-corrected chi connectivity index (χ2v) is 8.43. The molecule has 0 aliphatic carbocycles. The van der Waals surface area contributed by atoms with E-state index in [2.05, 4.69) is 5.32 Å². The molecule has 1 N–H and O–H groups in total. The molecule has 0 radical (unpaired) electrons. The highest BCUT2D eigenvalue weighted by atomic mass is 35.5. The maximum Gasteiger partial charge on any atom is 0.278 e. The van der Waals surface area contributed by atoms with Crippen molar-refractivity contribution in [1.29, 1.82) is 0 Å². The van der Waals surface area contributed by atoms with Gasteiger partial charge in [-0.3, -0.25) is 0 Å². The molecule has 0 unspecified atom stereocenters. The van der Waals surface area contributed by atoms with Crippen LogP contribution in [0.3, 0.4) is 0 Å². The van der Waals surface area contributed by atoms with E-state index in [1.54, 1.807) is 24.3 Å². The van der Waals surface area contributed by atoms with Crippen LogP contribution in [0.2, 0.25) is 0 Å². The standard InChI is InChI=1S/C19H17ClN2O2S/c20-22(18-7-5-17-13-21-10-9-16(17)11-18)25(23,24)19-8-6-14-3-1-2-4-15(14)12-19/h1-8,11-12,21H,9-10,13H2. The summed E-state index contributed by atoms with van der Waals surface area (Å²) in [6.07, 6.45) is 0.865. The molecule has 4 rings (SSSR count). The van der Waals surface area contributed by atoms with E-state index >= 15 is 0 Å². The molecule has 0 aromatic heterocycles. The lowest BCUT2D eigenvalue weighted by molar-refractivity contribution is 0.598. The van der Waals surface area contributed by atoms with Crippen LogP contribution >= 0.6 is 11.8 Å². The molecular weight excluding hydrogens is 356 g/mol. The Kier molecular flexibility index (Phi) is 4.15. The first-order valence-corrected chi connectivity index (χ1v) is 9.86. The zero-order valence-electron chi connectivity index (χ0n) is 13.4. The minimum atomic E-state index is -3.83. The normalized spacial score (nSPS) is 14.3. The Morgan fingerprint density at radius 2 is 1.72 bits per heavy atom. The van der Waals surface area contributed by atoms with Gasteiger partial charge in [-0.2, -0.15) is 12.2 Å². The molecule has 0 spiro atoms. The van der Waals surface area contributed by atoms with Gasteiger partial charge in [0.1, 0.15) is 0 Å². The second kappa shape index (κ2) is 6.33. The minimum absolute atomic E-state index is 0.181. The lowest BCUT2D eigenvalue weighted by Gasteiger charge is -2.21. The number of fused-ring (bicyclic) bond motifs is 2. The molecule has 4 nitrogen and oxygen atoms in total. The Morgan fingerprint density at radius 1 is 0.920 bits per heavy atom. The molecule has 1 aliphatic rings. The van der Waals surface area contributed by atoms with Crippen LogP contribution in [0.1, 0.15) is 11.1 Å². The summed E-state index contributed by atoms with van der Waals surface area (Å²) in [7, 11) is -3.83. The molecule has 0 saturated carbocycles. The van der Waals surface area contributed by atoms with Crippen LogP contribution in [0.4, 0.5) is 5.69 Å². The van der Waals surface area contributed by atoms with Gasteiger partial charge in [-0.1, -0.05) is 36.4 Å². The average Bonchev–Trinajstić information content (AvgIpc) is 2.66. The van der Waals surface area contributed by atoms with Crippen molar-refractivity contribution >= 4 is 38.3 Å². The van der Waals surface area contributed by atoms with Crippen LogP contribution in [-0.4, -0.2) is 15.0 Å². The lowest BCUT2D eigenvalue weighted by atomic mass is 10.0. The Balaban J connectivity index is 1.73. The summed E-state index contributed by atoms with van der Waals surface area (Å²) in [5.74, 6) is 0. The third-order valence-corrected chi connectivity index (χ3v) is 6.73. The SMILES string of the molecule is O=S(=O)(c1ccc2ccccc2c1)N(Cl)c1ccc2c(c1)CCNC2. The third-order valence-electron chi connectivity index (χ3n) is 4.51. The Labute approximate surface area is 152 Å². The number of benzene rings is 3. The van der Waals surface area contributed by atoms with Gasteiger partial charge in [-0.15, -0.1) is 0 Å². The number of rotatable bonds is 3. The van der Waals surface area contributed by atoms with Crippen molar-refractivity contribution in [2.45, 2.75) is 17.9 Å². The second-order valence-electron chi connectivity index (χ2n) is 6.11. The van der Waals surface area contributed by atoms with Crippen LogP contribution in [0.15, 0.2) is 65.6 Å². The third kappa shape index (κ3) is 2.99. The van der Waals surface area contributed by atoms with Crippen molar-refractivity contribution in [3.63, 3.8) is 0 Å². The molecule has 1 aliphatic heterocycles. The summed E-state index contributed by atoms with van der Waals surface area (Å²) in [5, 5.41) is 5.15. The highest BCUT2D eigenvalue weighted by molar-refractivity contribution is 7.94. The fourth-order valence-electron chi connectivity index (χ4n) is 3.13. The zero-order chi connectivity index (χ0) is 17.4. The first-order chi connectivity index (χ1) is 12.1. The van der Waals surface area contributed by atoms with Crippen LogP contribution < -0.4 is 9.14 Å². The van der Waals surface area contributed by atoms with E-state index in [0.717, 1.165) is 39.7 Å². The summed E-state index contributed by atoms with van der Waals surface area (Å²) >= 11 is 6.26. The van der Waals surface area contributed by atoms with E-state index in [4.69, 9.17) is 11.8 Å². The first-order valence-electron chi connectivity index (χ1n) is 8.08. The summed E-state index contributed by atoms with van der Waals surface area (Å²) in [5.41, 5.74) is 2.79. The van der Waals surface area contributed by atoms with E-state index in [1.807, 2.05) is 36.4 Å². The van der Waals surface area contributed by atoms with Gasteiger partial charge in [0.2, 0.25) is 0 Å². The van der Waals surface area contributed by atoms with Gasteiger partial charge in [-0.25, -0.2) is 0 Å². The Bertz CT molecular complexity index is 1050. The number of hydrogen-bond donors (Lipinski definition) is 1. The molecule has 0 saturated heterocycles. The number of hydrogen-bond acceptors (Lipinski definition) is 3. The van der Waals surface area contributed by atoms with Crippen molar-refractivity contribution < 1.29 is 8.42 Å². The molecule has 3 aromatic carbocycles. The maximum atomic E-state index is 12.9. The number of anilines is 1. The lowest BCUT2D eigenvalue weighted by Crippen LogP contribution is -2.25. The largest absolute Gasteiger partial charge is 0.312 e. The van der Waals surface area contributed by atoms with Gasteiger partial charge in [0.15, 0.2) is 0 Å². The van der Waals surface area contributed by atoms with Crippen molar-refractivity contribution in [2.75, 3.05) is 10.4 Å². The Morgan fingerprint density at radius 3 is 2.56 bits per heavy atom. The van der Waals surface area contributed by atoms with Gasteiger partial charge in [0.25, 0.3) is 10.0 Å². The predicted molar refractivity (Wildman–Crippen MR) is 101 cm³/mol. The molecule has 128 valence electrons. The predicted octanol–water partition coefficient (Wildman–Crippen LogP) is 3.83. The maximum absolute atomic E-state index is 12.9. The van der Waals surface area contributed by atoms with E-state index in [-0.39, 0.29) is 4.90 Å². The average molecular weight is 373 g/mol. The topological polar surface area (TPSA) is 49.4 Å². The Hall–Kier alpha value is -2.08. The van der Waals surface area contributed by atoms with E-state index in [1.165, 1.54) is 5.56 Å². The molecule has 25 heavy (non-hydrogen) atoms. The van der Waals surface area contributed by atoms with Gasteiger partial charge in [0, 0.05) is 18.3 Å². The van der Waals surface area contributed by atoms with E-state index in [9.17, 15) is 8.42 Å². The summed E-state index contributed by atoms with van der Waals surface area (Å²) in [6, 6.07) is 18.2. The van der Waals surface area contributed by atoms with Gasteiger partial charge >= 0.3 is 0 Å². The van der Waals surface area contributed by atoms with Crippen LogP contribution in [0.25, 0.3) is 10.8 Å². The summed E-state index contributed by atoms with van der Waals surface area (Å²) in [6.45, 7) is 1.69. The van der Waals surface area contributed by atoms with Crippen molar-refractivity contribution in [3.05, 3.63) is 71.8 Å². The molecule has 0 atom stereocenters. The van der Waals surface area contributed by atoms with Crippen molar-refractivity contribution in [2.24, 2.45) is 0 Å². The number of nitrogens with zero attached hydrogens (tertiary/aromatic N) is 1. The molecule has 0 amide bonds. The van der Waals surface area contributed by atoms with Gasteiger partial charge < -0.3 is 5.32 Å². The molecule has 1 heterocycles. The van der Waals surface area contributed by atoms with E-state index < -0.39 is 10.0 Å². The molecule has 3 aromatic rings. The number of sulfonamides is 1. The van der Waals surface area contributed by atoms with Crippen LogP contribution in [0, 0.1) is 0 Å². The molecule has 0 bridgehead atoms. The summed E-state index contributed by atoms with van der Waals surface area (Å²) in [4.78, 5) is 0.181. The first kappa shape index (κ1) is 16.4. The highest BCUT2D eigenvalue weighted by Gasteiger charge is 2.25. The van der Waals surface area contributed by atoms with Gasteiger partial charge in [0.05, 0.1) is 10.6 Å². The fourth-order valence-corrected chi connectivity index (χ4v) is 4.57. The number of nitrogens with one attached hydrogen (secondary N) is 1. The number of halogens is 1. The molecule has 6 heteroatoms. The quantitative estimate of drug-likeness (QED) is 0.711. The highest BCUT2D eigenvalue weighted by Crippen LogP contribution is 2.30. The zero-order valence-corrected chi connectivity index (χ0v) is 15.0. The summed E-state index contributed by atoms with van der Waals surface area (Å²) < 4.78 is 26.7.